The molecule has 9 heteroatoms. The van der Waals surface area contributed by atoms with Gasteiger partial charge in [0.25, 0.3) is 5.56 Å². The maximum atomic E-state index is 13.0. The Bertz CT molecular complexity index is 1170. The fraction of sp³-hybridized carbons (Fsp3) is 0.318. The van der Waals surface area contributed by atoms with E-state index in [-0.39, 0.29) is 11.6 Å². The average Bonchev–Trinajstić information content (AvgIpc) is 2.79. The molecular formula is C22H24ClN5O3. The molecule has 1 N–H and O–H groups in total. The number of hydrogen-bond acceptors (Lipinski definition) is 5. The number of hydrogen-bond donors (Lipinski definition) is 1. The third-order valence-corrected chi connectivity index (χ3v) is 5.66. The van der Waals surface area contributed by atoms with Crippen LogP contribution in [-0.4, -0.2) is 53.8 Å². The highest BCUT2D eigenvalue weighted by Gasteiger charge is 2.25. The molecule has 0 aliphatic carbocycles. The Morgan fingerprint density at radius 2 is 1.90 bits per heavy atom. The zero-order valence-electron chi connectivity index (χ0n) is 17.5. The number of aromatic nitrogens is 2. The summed E-state index contributed by atoms with van der Waals surface area (Å²) in [6.45, 7) is 4.49. The topological polar surface area (TPSA) is 79.7 Å². The lowest BCUT2D eigenvalue weighted by Gasteiger charge is -2.35. The molecule has 0 bridgehead atoms. The number of piperazine rings is 1. The number of urea groups is 1. The van der Waals surface area contributed by atoms with E-state index in [2.05, 4.69) is 10.3 Å². The van der Waals surface area contributed by atoms with Crippen molar-refractivity contribution in [2.45, 2.75) is 13.5 Å². The fourth-order valence-corrected chi connectivity index (χ4v) is 3.96. The number of rotatable bonds is 4. The number of amides is 2. The first-order valence-electron chi connectivity index (χ1n) is 10.2. The Hall–Kier alpha value is -3.26. The van der Waals surface area contributed by atoms with Gasteiger partial charge in [-0.2, -0.15) is 0 Å². The van der Waals surface area contributed by atoms with E-state index in [0.29, 0.717) is 55.0 Å². The zero-order chi connectivity index (χ0) is 22.0. The highest BCUT2D eigenvalue weighted by molar-refractivity contribution is 6.31. The average molecular weight is 442 g/mol. The van der Waals surface area contributed by atoms with Crippen LogP contribution in [0.5, 0.6) is 5.75 Å². The highest BCUT2D eigenvalue weighted by atomic mass is 35.5. The molecule has 8 nitrogen and oxygen atoms in total. The smallest absolute Gasteiger partial charge is 0.322 e. The predicted octanol–water partition coefficient (Wildman–Crippen LogP) is 3.43. The van der Waals surface area contributed by atoms with Crippen molar-refractivity contribution in [1.29, 1.82) is 0 Å². The SMILES string of the molecule is CCn1c(=O)c(N2CCN(C(=O)Nc3cc(Cl)ccc3OC)CC2)nc2ccccc21. The van der Waals surface area contributed by atoms with Gasteiger partial charge in [0.2, 0.25) is 0 Å². The largest absolute Gasteiger partial charge is 0.495 e. The van der Waals surface area contributed by atoms with Gasteiger partial charge in [-0.15, -0.1) is 0 Å². The summed E-state index contributed by atoms with van der Waals surface area (Å²) in [5.41, 5.74) is 2.02. The van der Waals surface area contributed by atoms with Crippen molar-refractivity contribution in [2.24, 2.45) is 0 Å². The molecule has 162 valence electrons. The molecule has 1 aromatic heterocycles. The third kappa shape index (κ3) is 4.16. The molecule has 1 aliphatic heterocycles. The van der Waals surface area contributed by atoms with Crippen LogP contribution in [0.25, 0.3) is 11.0 Å². The second-order valence-corrected chi connectivity index (χ2v) is 7.66. The van der Waals surface area contributed by atoms with Gasteiger partial charge in [0, 0.05) is 37.7 Å². The summed E-state index contributed by atoms with van der Waals surface area (Å²) in [5.74, 6) is 0.967. The number of aryl methyl sites for hydroxylation is 1. The van der Waals surface area contributed by atoms with Crippen molar-refractivity contribution in [1.82, 2.24) is 14.5 Å². The third-order valence-electron chi connectivity index (χ3n) is 5.42. The number of nitrogens with one attached hydrogen (secondary N) is 1. The lowest BCUT2D eigenvalue weighted by Crippen LogP contribution is -2.51. The van der Waals surface area contributed by atoms with Crippen molar-refractivity contribution < 1.29 is 9.53 Å². The number of para-hydroxylation sites is 2. The molecule has 0 unspecified atom stereocenters. The van der Waals surface area contributed by atoms with Gasteiger partial charge in [-0.3, -0.25) is 4.79 Å². The van der Waals surface area contributed by atoms with Crippen molar-refractivity contribution in [3.05, 3.63) is 57.8 Å². The summed E-state index contributed by atoms with van der Waals surface area (Å²) < 4.78 is 7.03. The normalized spacial score (nSPS) is 14.0. The van der Waals surface area contributed by atoms with Crippen LogP contribution < -0.4 is 20.5 Å². The molecule has 0 radical (unpaired) electrons. The van der Waals surface area contributed by atoms with E-state index in [1.807, 2.05) is 36.1 Å². The first-order valence-corrected chi connectivity index (χ1v) is 10.5. The molecule has 3 aromatic rings. The number of nitrogens with zero attached hydrogens (tertiary/aromatic N) is 4. The van der Waals surface area contributed by atoms with Crippen LogP contribution in [0, 0.1) is 0 Å². The second-order valence-electron chi connectivity index (χ2n) is 7.22. The lowest BCUT2D eigenvalue weighted by molar-refractivity contribution is 0.208. The molecule has 1 fully saturated rings. The van der Waals surface area contributed by atoms with E-state index in [4.69, 9.17) is 16.3 Å². The first-order chi connectivity index (χ1) is 15.0. The van der Waals surface area contributed by atoms with E-state index < -0.39 is 0 Å². The minimum atomic E-state index is -0.238. The van der Waals surface area contributed by atoms with Crippen LogP contribution in [-0.2, 0) is 6.54 Å². The molecule has 2 amide bonds. The van der Waals surface area contributed by atoms with Crippen LogP contribution in [0.4, 0.5) is 16.3 Å². The van der Waals surface area contributed by atoms with Gasteiger partial charge in [-0.1, -0.05) is 23.7 Å². The maximum Gasteiger partial charge on any atom is 0.322 e. The maximum absolute atomic E-state index is 13.0. The molecule has 0 saturated carbocycles. The van der Waals surface area contributed by atoms with Crippen LogP contribution in [0.3, 0.4) is 0 Å². The van der Waals surface area contributed by atoms with Crippen LogP contribution in [0.15, 0.2) is 47.3 Å². The Balaban J connectivity index is 1.49. The van der Waals surface area contributed by atoms with E-state index in [1.54, 1.807) is 27.7 Å². The molecule has 1 saturated heterocycles. The number of carbonyl (C=O) groups excluding carboxylic acids is 1. The quantitative estimate of drug-likeness (QED) is 0.671. The van der Waals surface area contributed by atoms with Crippen molar-refractivity contribution in [3.8, 4) is 5.75 Å². The molecule has 2 aromatic carbocycles. The van der Waals surface area contributed by atoms with Gasteiger partial charge >= 0.3 is 6.03 Å². The van der Waals surface area contributed by atoms with Crippen molar-refractivity contribution in [3.63, 3.8) is 0 Å². The summed E-state index contributed by atoms with van der Waals surface area (Å²) >= 11 is 6.05. The van der Waals surface area contributed by atoms with Gasteiger partial charge in [-0.25, -0.2) is 9.78 Å². The molecule has 0 spiro atoms. The number of anilines is 2. The Labute approximate surface area is 185 Å². The number of carbonyl (C=O) groups is 1. The Morgan fingerprint density at radius 1 is 1.16 bits per heavy atom. The number of fused-ring (bicyclic) bond motifs is 1. The van der Waals surface area contributed by atoms with Gasteiger partial charge in [0.05, 0.1) is 23.8 Å². The number of halogens is 1. The second kappa shape index (κ2) is 8.85. The summed E-state index contributed by atoms with van der Waals surface area (Å²) in [4.78, 5) is 34.0. The summed E-state index contributed by atoms with van der Waals surface area (Å²) in [5, 5.41) is 3.37. The summed E-state index contributed by atoms with van der Waals surface area (Å²) in [6.07, 6.45) is 0. The Morgan fingerprint density at radius 3 is 2.61 bits per heavy atom. The van der Waals surface area contributed by atoms with E-state index >= 15 is 0 Å². The molecule has 31 heavy (non-hydrogen) atoms. The van der Waals surface area contributed by atoms with Gasteiger partial charge in [0.1, 0.15) is 5.75 Å². The van der Waals surface area contributed by atoms with Crippen molar-refractivity contribution in [2.75, 3.05) is 43.5 Å². The van der Waals surface area contributed by atoms with E-state index in [9.17, 15) is 9.59 Å². The van der Waals surface area contributed by atoms with Crippen LogP contribution >= 0.6 is 11.6 Å². The van der Waals surface area contributed by atoms with Crippen molar-refractivity contribution >= 4 is 40.2 Å². The fourth-order valence-electron chi connectivity index (χ4n) is 3.79. The highest BCUT2D eigenvalue weighted by Crippen LogP contribution is 2.28. The number of ether oxygens (including phenoxy) is 1. The first kappa shape index (κ1) is 21.0. The number of benzene rings is 2. The Kier molecular flexibility index (Phi) is 5.99. The summed E-state index contributed by atoms with van der Waals surface area (Å²) in [6, 6.07) is 12.5. The molecule has 0 atom stereocenters. The summed E-state index contributed by atoms with van der Waals surface area (Å²) in [7, 11) is 1.54. The van der Waals surface area contributed by atoms with Gasteiger partial charge in [0.15, 0.2) is 5.82 Å². The number of methoxy groups -OCH3 is 1. The van der Waals surface area contributed by atoms with Crippen LogP contribution in [0.1, 0.15) is 6.92 Å². The van der Waals surface area contributed by atoms with E-state index in [0.717, 1.165) is 11.0 Å². The molecule has 2 heterocycles. The minimum Gasteiger partial charge on any atom is -0.495 e. The van der Waals surface area contributed by atoms with Gasteiger partial charge < -0.3 is 24.4 Å². The zero-order valence-corrected chi connectivity index (χ0v) is 18.2. The molecule has 1 aliphatic rings. The predicted molar refractivity (Wildman–Crippen MR) is 122 cm³/mol. The van der Waals surface area contributed by atoms with E-state index in [1.165, 1.54) is 7.11 Å². The molecule has 4 rings (SSSR count). The monoisotopic (exact) mass is 441 g/mol. The minimum absolute atomic E-state index is 0.109. The van der Waals surface area contributed by atoms with Gasteiger partial charge in [-0.05, 0) is 37.3 Å². The molecular weight excluding hydrogens is 418 g/mol. The lowest BCUT2D eigenvalue weighted by atomic mass is 10.2. The van der Waals surface area contributed by atoms with Crippen LogP contribution in [0.2, 0.25) is 5.02 Å². The standard InChI is InChI=1S/C22H24ClN5O3/c1-3-28-18-7-5-4-6-16(18)24-20(21(28)29)26-10-12-27(13-11-26)22(30)25-17-14-15(23)8-9-19(17)31-2/h4-9,14H,3,10-13H2,1-2H3,(H,25,30).